The summed E-state index contributed by atoms with van der Waals surface area (Å²) in [6.07, 6.45) is 1.42. The first kappa shape index (κ1) is 18.0. The normalized spacial score (nSPS) is 11.7. The highest BCUT2D eigenvalue weighted by Crippen LogP contribution is 2.31. The van der Waals surface area contributed by atoms with Crippen molar-refractivity contribution in [3.8, 4) is 11.3 Å². The van der Waals surface area contributed by atoms with Gasteiger partial charge in [0.15, 0.2) is 0 Å². The van der Waals surface area contributed by atoms with E-state index in [-0.39, 0.29) is 0 Å². The molecule has 0 unspecified atom stereocenters. The zero-order chi connectivity index (χ0) is 19.7. The van der Waals surface area contributed by atoms with Crippen LogP contribution in [0.15, 0.2) is 61.1 Å². The molecule has 0 aliphatic rings. The van der Waals surface area contributed by atoms with Crippen molar-refractivity contribution in [3.63, 3.8) is 0 Å². The summed E-state index contributed by atoms with van der Waals surface area (Å²) in [5, 5.41) is 7.58. The molecule has 28 heavy (non-hydrogen) atoms. The monoisotopic (exact) mass is 383 g/mol. The largest absolute Gasteiger partial charge is 0.416 e. The van der Waals surface area contributed by atoms with Crippen LogP contribution < -0.4 is 5.32 Å². The molecule has 0 fully saturated rings. The van der Waals surface area contributed by atoms with Gasteiger partial charge >= 0.3 is 6.18 Å². The summed E-state index contributed by atoms with van der Waals surface area (Å²) in [6, 6.07) is 10.6. The van der Waals surface area contributed by atoms with E-state index in [0.717, 1.165) is 35.3 Å². The number of nitrogens with one attached hydrogen (secondary N) is 1. The Balaban J connectivity index is 1.68. The standard InChI is InChI=1S/C20H16F3N5/c1-2-15-19(17-5-3-4-10-28(17)27-15)16-11-24-12-18(26-16)25-14-8-6-13(7-9-14)20(21,22)23/h3-12H,2H2,1H3,(H,25,26). The molecule has 0 spiro atoms. The third-order valence-corrected chi connectivity index (χ3v) is 4.32. The van der Waals surface area contributed by atoms with Gasteiger partial charge in [-0.05, 0) is 42.8 Å². The van der Waals surface area contributed by atoms with Crippen LogP contribution in [0.4, 0.5) is 24.7 Å². The minimum absolute atomic E-state index is 0.439. The van der Waals surface area contributed by atoms with Crippen molar-refractivity contribution in [3.05, 3.63) is 72.3 Å². The molecule has 5 nitrogen and oxygen atoms in total. The molecular formula is C20H16F3N5. The fraction of sp³-hybridized carbons (Fsp3) is 0.150. The summed E-state index contributed by atoms with van der Waals surface area (Å²) >= 11 is 0. The molecule has 0 aliphatic carbocycles. The first-order chi connectivity index (χ1) is 13.5. The molecule has 0 saturated carbocycles. The Labute approximate surface area is 158 Å². The number of aromatic nitrogens is 4. The number of halogens is 3. The third-order valence-electron chi connectivity index (χ3n) is 4.32. The van der Waals surface area contributed by atoms with Crippen LogP contribution in [0.1, 0.15) is 18.2 Å². The zero-order valence-electron chi connectivity index (χ0n) is 14.9. The molecule has 3 heterocycles. The maximum absolute atomic E-state index is 12.7. The summed E-state index contributed by atoms with van der Waals surface area (Å²) in [5.74, 6) is 0.439. The van der Waals surface area contributed by atoms with Gasteiger partial charge in [-0.1, -0.05) is 13.0 Å². The van der Waals surface area contributed by atoms with Crippen molar-refractivity contribution in [1.29, 1.82) is 0 Å². The van der Waals surface area contributed by atoms with Crippen LogP contribution in [-0.4, -0.2) is 19.6 Å². The Morgan fingerprint density at radius 1 is 1.04 bits per heavy atom. The minimum atomic E-state index is -4.36. The maximum Gasteiger partial charge on any atom is 0.416 e. The zero-order valence-corrected chi connectivity index (χ0v) is 14.9. The van der Waals surface area contributed by atoms with Gasteiger partial charge < -0.3 is 5.32 Å². The Morgan fingerprint density at radius 2 is 1.82 bits per heavy atom. The molecule has 0 atom stereocenters. The van der Waals surface area contributed by atoms with Crippen LogP contribution in [0.5, 0.6) is 0 Å². The molecule has 142 valence electrons. The first-order valence-corrected chi connectivity index (χ1v) is 8.68. The lowest BCUT2D eigenvalue weighted by molar-refractivity contribution is -0.137. The van der Waals surface area contributed by atoms with Crippen LogP contribution in [0.25, 0.3) is 16.8 Å². The fourth-order valence-corrected chi connectivity index (χ4v) is 3.01. The maximum atomic E-state index is 12.7. The lowest BCUT2D eigenvalue weighted by Crippen LogP contribution is -2.04. The molecule has 3 aromatic heterocycles. The fourth-order valence-electron chi connectivity index (χ4n) is 3.01. The number of hydrogen-bond donors (Lipinski definition) is 1. The predicted octanol–water partition coefficient (Wildman–Crippen LogP) is 5.12. The van der Waals surface area contributed by atoms with E-state index >= 15 is 0 Å². The van der Waals surface area contributed by atoms with Gasteiger partial charge in [0.05, 0.1) is 40.4 Å². The van der Waals surface area contributed by atoms with Crippen LogP contribution in [0.2, 0.25) is 0 Å². The van der Waals surface area contributed by atoms with Gasteiger partial charge in [0.2, 0.25) is 0 Å². The summed E-state index contributed by atoms with van der Waals surface area (Å²) in [5.41, 5.74) is 3.15. The van der Waals surface area contributed by atoms with Crippen molar-refractivity contribution in [2.45, 2.75) is 19.5 Å². The number of anilines is 2. The van der Waals surface area contributed by atoms with Crippen molar-refractivity contribution in [1.82, 2.24) is 19.6 Å². The smallest absolute Gasteiger partial charge is 0.339 e. The van der Waals surface area contributed by atoms with Crippen molar-refractivity contribution in [2.24, 2.45) is 0 Å². The number of fused-ring (bicyclic) bond motifs is 1. The number of alkyl halides is 3. The highest BCUT2D eigenvalue weighted by atomic mass is 19.4. The van der Waals surface area contributed by atoms with Crippen molar-refractivity contribution >= 4 is 17.0 Å². The van der Waals surface area contributed by atoms with Crippen molar-refractivity contribution < 1.29 is 13.2 Å². The Morgan fingerprint density at radius 3 is 2.54 bits per heavy atom. The number of benzene rings is 1. The van der Waals surface area contributed by atoms with Gasteiger partial charge in [0, 0.05) is 11.9 Å². The SMILES string of the molecule is CCc1nn2ccccc2c1-c1cncc(Nc2ccc(C(F)(F)F)cc2)n1. The van der Waals surface area contributed by atoms with E-state index in [9.17, 15) is 13.2 Å². The molecule has 0 aliphatic heterocycles. The summed E-state index contributed by atoms with van der Waals surface area (Å²) in [7, 11) is 0. The Kier molecular flexibility index (Phi) is 4.46. The van der Waals surface area contributed by atoms with Crippen molar-refractivity contribution in [2.75, 3.05) is 5.32 Å². The molecule has 0 bridgehead atoms. The average molecular weight is 383 g/mol. The summed E-state index contributed by atoms with van der Waals surface area (Å²) in [4.78, 5) is 8.83. The van der Waals surface area contributed by atoms with Crippen LogP contribution >= 0.6 is 0 Å². The summed E-state index contributed by atoms with van der Waals surface area (Å²) < 4.78 is 39.9. The minimum Gasteiger partial charge on any atom is -0.339 e. The van der Waals surface area contributed by atoms with E-state index in [4.69, 9.17) is 0 Å². The quantitative estimate of drug-likeness (QED) is 0.532. The predicted molar refractivity (Wildman–Crippen MR) is 100 cm³/mol. The molecule has 1 aromatic carbocycles. The van der Waals surface area contributed by atoms with Crippen LogP contribution in [-0.2, 0) is 12.6 Å². The topological polar surface area (TPSA) is 55.1 Å². The molecule has 8 heteroatoms. The van der Waals surface area contributed by atoms with E-state index in [1.807, 2.05) is 31.3 Å². The third kappa shape index (κ3) is 3.40. The first-order valence-electron chi connectivity index (χ1n) is 8.68. The second kappa shape index (κ2) is 6.95. The number of nitrogens with zero attached hydrogens (tertiary/aromatic N) is 4. The molecule has 0 amide bonds. The summed E-state index contributed by atoms with van der Waals surface area (Å²) in [6.45, 7) is 2.02. The number of hydrogen-bond acceptors (Lipinski definition) is 4. The van der Waals surface area contributed by atoms with E-state index in [1.54, 1.807) is 10.7 Å². The van der Waals surface area contributed by atoms with Gasteiger partial charge in [0.1, 0.15) is 5.82 Å². The van der Waals surface area contributed by atoms with E-state index in [0.29, 0.717) is 17.2 Å². The van der Waals surface area contributed by atoms with Gasteiger partial charge in [0.25, 0.3) is 0 Å². The lowest BCUT2D eigenvalue weighted by atomic mass is 10.1. The average Bonchev–Trinajstić information content (AvgIpc) is 3.06. The van der Waals surface area contributed by atoms with Gasteiger partial charge in [-0.25, -0.2) is 9.50 Å². The Hall–Kier alpha value is -3.42. The molecule has 0 radical (unpaired) electrons. The highest BCUT2D eigenvalue weighted by Gasteiger charge is 2.29. The second-order valence-corrected chi connectivity index (χ2v) is 6.20. The van der Waals surface area contributed by atoms with E-state index in [1.165, 1.54) is 18.3 Å². The molecule has 1 N–H and O–H groups in total. The molecule has 0 saturated heterocycles. The van der Waals surface area contributed by atoms with E-state index < -0.39 is 11.7 Å². The van der Waals surface area contributed by atoms with Gasteiger partial charge in [-0.15, -0.1) is 0 Å². The Bertz CT molecular complexity index is 1120. The second-order valence-electron chi connectivity index (χ2n) is 6.20. The number of rotatable bonds is 4. The molecular weight excluding hydrogens is 367 g/mol. The number of pyridine rings is 1. The van der Waals surface area contributed by atoms with Gasteiger partial charge in [-0.2, -0.15) is 18.3 Å². The van der Waals surface area contributed by atoms with Crippen LogP contribution in [0.3, 0.4) is 0 Å². The lowest BCUT2D eigenvalue weighted by Gasteiger charge is -2.10. The van der Waals surface area contributed by atoms with Gasteiger partial charge in [-0.3, -0.25) is 4.98 Å². The molecule has 4 rings (SSSR count). The molecule has 4 aromatic rings. The van der Waals surface area contributed by atoms with Crippen LogP contribution in [0, 0.1) is 0 Å². The highest BCUT2D eigenvalue weighted by molar-refractivity contribution is 5.80. The number of aryl methyl sites for hydroxylation is 1. The van der Waals surface area contributed by atoms with E-state index in [2.05, 4.69) is 20.4 Å².